The zero-order valence-corrected chi connectivity index (χ0v) is 16.5. The molecule has 0 aromatic heterocycles. The molecular weight excluding hydrogens is 348 g/mol. The first kappa shape index (κ1) is 20.0. The number of para-hydroxylation sites is 1. The van der Waals surface area contributed by atoms with Gasteiger partial charge in [-0.15, -0.1) is 0 Å². The van der Waals surface area contributed by atoms with Gasteiger partial charge in [0, 0.05) is 13.6 Å². The highest BCUT2D eigenvalue weighted by Crippen LogP contribution is 2.23. The monoisotopic (exact) mass is 374 g/mol. The molecule has 1 amide bonds. The van der Waals surface area contributed by atoms with Gasteiger partial charge in [-0.25, -0.2) is 8.42 Å². The minimum atomic E-state index is -3.60. The van der Waals surface area contributed by atoms with Gasteiger partial charge < -0.3 is 4.90 Å². The number of benzene rings is 2. The minimum absolute atomic E-state index is 0.220. The SMILES string of the molecule is CCC(C(=O)N(C)Cc1ccc(C)cc1)N(c1ccccc1)S(C)(=O)=O. The predicted molar refractivity (Wildman–Crippen MR) is 105 cm³/mol. The molecule has 0 aliphatic rings. The average Bonchev–Trinajstić information content (AvgIpc) is 2.60. The summed E-state index contributed by atoms with van der Waals surface area (Å²) >= 11 is 0. The van der Waals surface area contributed by atoms with Crippen molar-refractivity contribution in [3.05, 3.63) is 65.7 Å². The van der Waals surface area contributed by atoms with Gasteiger partial charge in [0.15, 0.2) is 0 Å². The Hall–Kier alpha value is -2.34. The number of aryl methyl sites for hydroxylation is 1. The quantitative estimate of drug-likeness (QED) is 0.748. The molecular formula is C20H26N2O3S. The highest BCUT2D eigenvalue weighted by atomic mass is 32.2. The minimum Gasteiger partial charge on any atom is -0.340 e. The summed E-state index contributed by atoms with van der Waals surface area (Å²) in [7, 11) is -1.90. The first-order valence-corrected chi connectivity index (χ1v) is 10.4. The van der Waals surface area contributed by atoms with Gasteiger partial charge >= 0.3 is 0 Å². The topological polar surface area (TPSA) is 57.7 Å². The van der Waals surface area contributed by atoms with E-state index in [1.165, 1.54) is 4.31 Å². The molecule has 0 aliphatic heterocycles. The number of likely N-dealkylation sites (N-methyl/N-ethyl adjacent to an activating group) is 1. The van der Waals surface area contributed by atoms with Gasteiger partial charge in [0.2, 0.25) is 15.9 Å². The van der Waals surface area contributed by atoms with Crippen LogP contribution in [0.5, 0.6) is 0 Å². The number of hydrogen-bond acceptors (Lipinski definition) is 3. The van der Waals surface area contributed by atoms with E-state index in [9.17, 15) is 13.2 Å². The smallest absolute Gasteiger partial charge is 0.246 e. The Balaban J connectivity index is 2.28. The highest BCUT2D eigenvalue weighted by molar-refractivity contribution is 7.92. The Morgan fingerprint density at radius 2 is 1.62 bits per heavy atom. The average molecular weight is 375 g/mol. The maximum absolute atomic E-state index is 13.0. The summed E-state index contributed by atoms with van der Waals surface area (Å²) < 4.78 is 26.0. The van der Waals surface area contributed by atoms with E-state index in [2.05, 4.69) is 0 Å². The fourth-order valence-corrected chi connectivity index (χ4v) is 4.12. The Labute approximate surface area is 156 Å². The Bertz CT molecular complexity index is 833. The lowest BCUT2D eigenvalue weighted by Crippen LogP contribution is -2.49. The van der Waals surface area contributed by atoms with Gasteiger partial charge in [-0.2, -0.15) is 0 Å². The molecule has 0 N–H and O–H groups in total. The Morgan fingerprint density at radius 3 is 2.12 bits per heavy atom. The third kappa shape index (κ3) is 4.85. The van der Waals surface area contributed by atoms with E-state index >= 15 is 0 Å². The van der Waals surface area contributed by atoms with E-state index in [4.69, 9.17) is 0 Å². The number of sulfonamides is 1. The largest absolute Gasteiger partial charge is 0.340 e. The first-order chi connectivity index (χ1) is 12.2. The number of anilines is 1. The van der Waals surface area contributed by atoms with Crippen LogP contribution < -0.4 is 4.31 Å². The zero-order chi connectivity index (χ0) is 19.3. The number of carbonyl (C=O) groups is 1. The second-order valence-corrected chi connectivity index (χ2v) is 8.36. The summed E-state index contributed by atoms with van der Waals surface area (Å²) in [6, 6.07) is 15.9. The molecule has 0 heterocycles. The fourth-order valence-electron chi connectivity index (χ4n) is 2.92. The van der Waals surface area contributed by atoms with Crippen molar-refractivity contribution in [2.45, 2.75) is 32.9 Å². The molecule has 140 valence electrons. The van der Waals surface area contributed by atoms with Crippen LogP contribution in [0.4, 0.5) is 5.69 Å². The molecule has 6 heteroatoms. The van der Waals surface area contributed by atoms with Crippen molar-refractivity contribution in [2.75, 3.05) is 17.6 Å². The molecule has 2 aromatic rings. The van der Waals surface area contributed by atoms with Crippen LogP contribution in [0.15, 0.2) is 54.6 Å². The molecule has 5 nitrogen and oxygen atoms in total. The van der Waals surface area contributed by atoms with E-state index < -0.39 is 16.1 Å². The van der Waals surface area contributed by atoms with E-state index in [0.717, 1.165) is 17.4 Å². The van der Waals surface area contributed by atoms with Gasteiger partial charge in [-0.1, -0.05) is 55.0 Å². The lowest BCUT2D eigenvalue weighted by atomic mass is 10.1. The number of amides is 1. The Kier molecular flexibility index (Phi) is 6.42. The van der Waals surface area contributed by atoms with Crippen LogP contribution in [0.1, 0.15) is 24.5 Å². The third-order valence-electron chi connectivity index (χ3n) is 4.24. The predicted octanol–water partition coefficient (Wildman–Crippen LogP) is 3.20. The van der Waals surface area contributed by atoms with E-state index in [0.29, 0.717) is 18.7 Å². The van der Waals surface area contributed by atoms with E-state index in [-0.39, 0.29) is 5.91 Å². The molecule has 0 saturated carbocycles. The second kappa shape index (κ2) is 8.36. The van der Waals surface area contributed by atoms with Crippen LogP contribution in [0.25, 0.3) is 0 Å². The fraction of sp³-hybridized carbons (Fsp3) is 0.350. The summed E-state index contributed by atoms with van der Waals surface area (Å²) in [5.74, 6) is -0.220. The van der Waals surface area contributed by atoms with E-state index in [1.807, 2.05) is 44.2 Å². The van der Waals surface area contributed by atoms with Crippen molar-refractivity contribution >= 4 is 21.6 Å². The summed E-state index contributed by atoms with van der Waals surface area (Å²) in [5, 5.41) is 0. The van der Waals surface area contributed by atoms with Crippen LogP contribution in [0, 0.1) is 6.92 Å². The van der Waals surface area contributed by atoms with Crippen LogP contribution in [-0.2, 0) is 21.4 Å². The number of nitrogens with zero attached hydrogens (tertiary/aromatic N) is 2. The van der Waals surface area contributed by atoms with Gasteiger partial charge in [0.1, 0.15) is 6.04 Å². The van der Waals surface area contributed by atoms with Gasteiger partial charge in [-0.3, -0.25) is 9.10 Å². The van der Waals surface area contributed by atoms with Gasteiger partial charge in [0.25, 0.3) is 0 Å². The van der Waals surface area contributed by atoms with Crippen molar-refractivity contribution < 1.29 is 13.2 Å². The molecule has 26 heavy (non-hydrogen) atoms. The van der Waals surface area contributed by atoms with Crippen molar-refractivity contribution in [3.8, 4) is 0 Å². The maximum Gasteiger partial charge on any atom is 0.246 e. The zero-order valence-electron chi connectivity index (χ0n) is 15.7. The number of carbonyl (C=O) groups excluding carboxylic acids is 1. The number of rotatable bonds is 7. The summed E-state index contributed by atoms with van der Waals surface area (Å²) in [5.41, 5.74) is 2.66. The van der Waals surface area contributed by atoms with Crippen LogP contribution in [0.3, 0.4) is 0 Å². The van der Waals surface area contributed by atoms with Gasteiger partial charge in [-0.05, 0) is 31.0 Å². The standard InChI is InChI=1S/C20H26N2O3S/c1-5-19(22(26(4,24)25)18-9-7-6-8-10-18)20(23)21(3)15-17-13-11-16(2)12-14-17/h6-14,19H,5,15H2,1-4H3. The maximum atomic E-state index is 13.0. The van der Waals surface area contributed by atoms with Gasteiger partial charge in [0.05, 0.1) is 11.9 Å². The lowest BCUT2D eigenvalue weighted by molar-refractivity contribution is -0.131. The molecule has 0 bridgehead atoms. The van der Waals surface area contributed by atoms with E-state index in [1.54, 1.807) is 36.2 Å². The highest BCUT2D eigenvalue weighted by Gasteiger charge is 2.33. The van der Waals surface area contributed by atoms with Crippen molar-refractivity contribution in [1.82, 2.24) is 4.90 Å². The lowest BCUT2D eigenvalue weighted by Gasteiger charge is -2.32. The molecule has 2 aromatic carbocycles. The summed E-state index contributed by atoms with van der Waals surface area (Å²) in [4.78, 5) is 14.6. The molecule has 0 radical (unpaired) electrons. The van der Waals surface area contributed by atoms with Crippen molar-refractivity contribution in [1.29, 1.82) is 0 Å². The van der Waals surface area contributed by atoms with Crippen molar-refractivity contribution in [2.24, 2.45) is 0 Å². The number of hydrogen-bond donors (Lipinski definition) is 0. The second-order valence-electron chi connectivity index (χ2n) is 6.50. The molecule has 2 rings (SSSR count). The first-order valence-electron chi connectivity index (χ1n) is 8.59. The molecule has 1 unspecified atom stereocenters. The molecule has 0 spiro atoms. The third-order valence-corrected chi connectivity index (χ3v) is 5.42. The Morgan fingerprint density at radius 1 is 1.04 bits per heavy atom. The molecule has 0 saturated heterocycles. The van der Waals surface area contributed by atoms with Crippen LogP contribution >= 0.6 is 0 Å². The van der Waals surface area contributed by atoms with Crippen LogP contribution in [-0.4, -0.2) is 38.6 Å². The molecule has 0 aliphatic carbocycles. The van der Waals surface area contributed by atoms with Crippen LogP contribution in [0.2, 0.25) is 0 Å². The summed E-state index contributed by atoms with van der Waals surface area (Å²) in [6.07, 6.45) is 1.52. The normalized spacial score (nSPS) is 12.5. The molecule has 0 fully saturated rings. The molecule has 1 atom stereocenters. The summed E-state index contributed by atoms with van der Waals surface area (Å²) in [6.45, 7) is 4.26. The van der Waals surface area contributed by atoms with Crippen molar-refractivity contribution in [3.63, 3.8) is 0 Å².